The van der Waals surface area contributed by atoms with Gasteiger partial charge in [-0.3, -0.25) is 0 Å². The zero-order valence-corrected chi connectivity index (χ0v) is 15.4. The van der Waals surface area contributed by atoms with Crippen molar-refractivity contribution < 1.29 is 22.7 Å². The van der Waals surface area contributed by atoms with Gasteiger partial charge in [0.1, 0.15) is 5.82 Å². The number of rotatable bonds is 4. The maximum Gasteiger partial charge on any atom is 0.410 e. The number of ether oxygens (including phenoxy) is 1. The number of hydrogen-bond donors (Lipinski definition) is 1. The van der Waals surface area contributed by atoms with E-state index in [4.69, 9.17) is 4.74 Å². The topological polar surface area (TPSA) is 56.2 Å². The Morgan fingerprint density at radius 2 is 2.00 bits per heavy atom. The first kappa shape index (κ1) is 19.3. The summed E-state index contributed by atoms with van der Waals surface area (Å²) >= 11 is 0. The third-order valence-corrected chi connectivity index (χ3v) is 4.68. The van der Waals surface area contributed by atoms with Gasteiger partial charge in [0.2, 0.25) is 0 Å². The molecule has 1 aromatic heterocycles. The predicted octanol–water partition coefficient (Wildman–Crippen LogP) is 4.84. The summed E-state index contributed by atoms with van der Waals surface area (Å²) in [5.74, 6) is -0.237. The molecular weight excluding hydrogens is 359 g/mol. The number of nitrogens with one attached hydrogen (secondary N) is 1. The summed E-state index contributed by atoms with van der Waals surface area (Å²) in [5.41, 5.74) is 1.75. The standard InChI is InChI=1S/C19H22F3N3O2/c1-4-27-18(26)15-10-17-23-14(9-16(19(20,21)22)25(17)24-15)13-7-5-12(6-8-13)11(2)3/h5-8,10-11,14,16,23H,4,9H2,1-3H3/t14-,16+/m1/s1. The molecule has 8 heteroatoms. The van der Waals surface area contributed by atoms with Crippen LogP contribution in [0.4, 0.5) is 19.0 Å². The second-order valence-corrected chi connectivity index (χ2v) is 6.89. The van der Waals surface area contributed by atoms with E-state index in [1.807, 2.05) is 24.3 Å². The van der Waals surface area contributed by atoms with Crippen LogP contribution in [0.2, 0.25) is 0 Å². The highest BCUT2D eigenvalue weighted by Gasteiger charge is 2.46. The van der Waals surface area contributed by atoms with Crippen LogP contribution in [0.3, 0.4) is 0 Å². The second kappa shape index (κ2) is 7.25. The molecule has 0 unspecified atom stereocenters. The Kier molecular flexibility index (Phi) is 5.17. The number of nitrogens with zero attached hydrogens (tertiary/aromatic N) is 2. The highest BCUT2D eigenvalue weighted by molar-refractivity contribution is 5.88. The summed E-state index contributed by atoms with van der Waals surface area (Å²) in [7, 11) is 0. The zero-order chi connectivity index (χ0) is 19.8. The molecule has 27 heavy (non-hydrogen) atoms. The average molecular weight is 381 g/mol. The Balaban J connectivity index is 1.94. The minimum absolute atomic E-state index is 0.127. The number of carbonyl (C=O) groups excluding carboxylic acids is 1. The van der Waals surface area contributed by atoms with Crippen LogP contribution < -0.4 is 5.32 Å². The van der Waals surface area contributed by atoms with E-state index in [0.717, 1.165) is 15.8 Å². The normalized spacial score (nSPS) is 19.5. The number of fused-ring (bicyclic) bond motifs is 1. The van der Waals surface area contributed by atoms with Crippen LogP contribution in [0.15, 0.2) is 30.3 Å². The van der Waals surface area contributed by atoms with Gasteiger partial charge in [0.05, 0.1) is 12.6 Å². The molecule has 1 aromatic carbocycles. The van der Waals surface area contributed by atoms with Crippen molar-refractivity contribution in [3.63, 3.8) is 0 Å². The minimum atomic E-state index is -4.48. The van der Waals surface area contributed by atoms with Gasteiger partial charge in [-0.25, -0.2) is 9.48 Å². The lowest BCUT2D eigenvalue weighted by Crippen LogP contribution is -2.35. The van der Waals surface area contributed by atoms with Crippen LogP contribution >= 0.6 is 0 Å². The first-order valence-corrected chi connectivity index (χ1v) is 8.90. The van der Waals surface area contributed by atoms with E-state index in [-0.39, 0.29) is 24.5 Å². The molecule has 0 fully saturated rings. The number of benzene rings is 1. The molecule has 3 rings (SSSR count). The molecule has 0 aliphatic carbocycles. The Bertz CT molecular complexity index is 813. The zero-order valence-electron chi connectivity index (χ0n) is 15.4. The lowest BCUT2D eigenvalue weighted by atomic mass is 9.94. The van der Waals surface area contributed by atoms with E-state index >= 15 is 0 Å². The lowest BCUT2D eigenvalue weighted by molar-refractivity contribution is -0.173. The van der Waals surface area contributed by atoms with Gasteiger partial charge < -0.3 is 10.1 Å². The van der Waals surface area contributed by atoms with Gasteiger partial charge in [-0.2, -0.15) is 18.3 Å². The van der Waals surface area contributed by atoms with Gasteiger partial charge in [0, 0.05) is 12.5 Å². The van der Waals surface area contributed by atoms with E-state index in [0.29, 0.717) is 5.92 Å². The molecule has 0 amide bonds. The summed E-state index contributed by atoms with van der Waals surface area (Å²) < 4.78 is 46.6. The molecular formula is C19H22F3N3O2. The maximum atomic E-state index is 13.6. The maximum absolute atomic E-state index is 13.6. The molecule has 5 nitrogen and oxygen atoms in total. The fourth-order valence-electron chi connectivity index (χ4n) is 3.21. The van der Waals surface area contributed by atoms with Crippen LogP contribution in [-0.4, -0.2) is 28.5 Å². The van der Waals surface area contributed by atoms with Gasteiger partial charge in [-0.05, 0) is 24.0 Å². The molecule has 146 valence electrons. The molecule has 0 spiro atoms. The van der Waals surface area contributed by atoms with E-state index in [2.05, 4.69) is 24.3 Å². The number of aromatic nitrogens is 2. The molecule has 0 saturated heterocycles. The van der Waals surface area contributed by atoms with Crippen molar-refractivity contribution in [1.29, 1.82) is 0 Å². The number of carbonyl (C=O) groups is 1. The smallest absolute Gasteiger partial charge is 0.410 e. The third kappa shape index (κ3) is 3.94. The van der Waals surface area contributed by atoms with Crippen molar-refractivity contribution in [3.8, 4) is 0 Å². The molecule has 2 heterocycles. The highest BCUT2D eigenvalue weighted by Crippen LogP contribution is 2.43. The molecule has 2 aromatic rings. The van der Waals surface area contributed by atoms with Crippen molar-refractivity contribution in [1.82, 2.24) is 9.78 Å². The van der Waals surface area contributed by atoms with Crippen LogP contribution in [-0.2, 0) is 4.74 Å². The van der Waals surface area contributed by atoms with Crippen molar-refractivity contribution in [2.45, 2.75) is 51.4 Å². The first-order valence-electron chi connectivity index (χ1n) is 8.90. The number of anilines is 1. The van der Waals surface area contributed by atoms with Crippen LogP contribution in [0.25, 0.3) is 0 Å². The van der Waals surface area contributed by atoms with Crippen LogP contribution in [0, 0.1) is 0 Å². The minimum Gasteiger partial charge on any atom is -0.461 e. The number of hydrogen-bond acceptors (Lipinski definition) is 4. The largest absolute Gasteiger partial charge is 0.461 e. The third-order valence-electron chi connectivity index (χ3n) is 4.68. The first-order chi connectivity index (χ1) is 12.7. The van der Waals surface area contributed by atoms with E-state index in [1.165, 1.54) is 6.07 Å². The quantitative estimate of drug-likeness (QED) is 0.770. The Morgan fingerprint density at radius 3 is 2.56 bits per heavy atom. The molecule has 1 aliphatic rings. The predicted molar refractivity (Wildman–Crippen MR) is 94.8 cm³/mol. The number of alkyl halides is 3. The van der Waals surface area contributed by atoms with Crippen LogP contribution in [0.5, 0.6) is 0 Å². The molecule has 1 aliphatic heterocycles. The Hall–Kier alpha value is -2.51. The van der Waals surface area contributed by atoms with Crippen LogP contribution in [0.1, 0.15) is 66.8 Å². The SMILES string of the molecule is CCOC(=O)c1cc2n(n1)[C@H](C(F)(F)F)C[C@H](c1ccc(C(C)C)cc1)N2. The summed E-state index contributed by atoms with van der Waals surface area (Å²) in [4.78, 5) is 11.9. The summed E-state index contributed by atoms with van der Waals surface area (Å²) in [5, 5.41) is 6.92. The second-order valence-electron chi connectivity index (χ2n) is 6.89. The van der Waals surface area contributed by atoms with Gasteiger partial charge >= 0.3 is 12.1 Å². The summed E-state index contributed by atoms with van der Waals surface area (Å²) in [6.07, 6.45) is -4.69. The molecule has 0 radical (unpaired) electrons. The van der Waals surface area contributed by atoms with E-state index in [1.54, 1.807) is 6.92 Å². The molecule has 0 saturated carbocycles. The lowest BCUT2D eigenvalue weighted by Gasteiger charge is -2.33. The van der Waals surface area contributed by atoms with Gasteiger partial charge in [0.15, 0.2) is 11.7 Å². The Morgan fingerprint density at radius 1 is 1.33 bits per heavy atom. The highest BCUT2D eigenvalue weighted by atomic mass is 19.4. The van der Waals surface area contributed by atoms with Gasteiger partial charge in [-0.1, -0.05) is 38.1 Å². The Labute approximate surface area is 155 Å². The van der Waals surface area contributed by atoms with Gasteiger partial charge in [0.25, 0.3) is 0 Å². The fourth-order valence-corrected chi connectivity index (χ4v) is 3.21. The monoisotopic (exact) mass is 381 g/mol. The average Bonchev–Trinajstić information content (AvgIpc) is 3.04. The van der Waals surface area contributed by atoms with E-state index in [9.17, 15) is 18.0 Å². The molecule has 1 N–H and O–H groups in total. The number of esters is 1. The van der Waals surface area contributed by atoms with E-state index < -0.39 is 24.2 Å². The number of halogens is 3. The van der Waals surface area contributed by atoms with Gasteiger partial charge in [-0.15, -0.1) is 0 Å². The fraction of sp³-hybridized carbons (Fsp3) is 0.474. The summed E-state index contributed by atoms with van der Waals surface area (Å²) in [6, 6.07) is 6.52. The van der Waals surface area contributed by atoms with Crippen molar-refractivity contribution in [3.05, 3.63) is 47.2 Å². The van der Waals surface area contributed by atoms with Crippen molar-refractivity contribution in [2.24, 2.45) is 0 Å². The molecule has 0 bridgehead atoms. The van der Waals surface area contributed by atoms with Crippen molar-refractivity contribution in [2.75, 3.05) is 11.9 Å². The summed E-state index contributed by atoms with van der Waals surface area (Å²) in [6.45, 7) is 5.87. The molecule has 2 atom stereocenters. The van der Waals surface area contributed by atoms with Crippen molar-refractivity contribution >= 4 is 11.8 Å².